The number of rotatable bonds is 3. The predicted octanol–water partition coefficient (Wildman–Crippen LogP) is 2.41. The number of hydrogen-bond donors (Lipinski definition) is 1. The van der Waals surface area contributed by atoms with Gasteiger partial charge in [0.05, 0.1) is 0 Å². The fourth-order valence-electron chi connectivity index (χ4n) is 6.16. The van der Waals surface area contributed by atoms with Gasteiger partial charge in [0.25, 0.3) is 0 Å². The van der Waals surface area contributed by atoms with Crippen molar-refractivity contribution < 1.29 is 4.79 Å². The Kier molecular flexibility index (Phi) is 3.10. The van der Waals surface area contributed by atoms with Crippen molar-refractivity contribution >= 4 is 5.91 Å². The fraction of sp³-hybridized carbons (Fsp3) is 0.941. The van der Waals surface area contributed by atoms with Crippen molar-refractivity contribution in [1.29, 1.82) is 0 Å². The van der Waals surface area contributed by atoms with Crippen molar-refractivity contribution in [2.24, 2.45) is 23.2 Å². The number of likely N-dealkylation sites (tertiary alicyclic amines) is 1. The van der Waals surface area contributed by atoms with E-state index in [2.05, 4.69) is 10.2 Å². The van der Waals surface area contributed by atoms with E-state index in [4.69, 9.17) is 0 Å². The number of amides is 1. The Labute approximate surface area is 122 Å². The van der Waals surface area contributed by atoms with Gasteiger partial charge in [-0.05, 0) is 75.2 Å². The summed E-state index contributed by atoms with van der Waals surface area (Å²) < 4.78 is 0. The van der Waals surface area contributed by atoms with E-state index in [0.29, 0.717) is 17.4 Å². The van der Waals surface area contributed by atoms with Crippen LogP contribution >= 0.6 is 0 Å². The van der Waals surface area contributed by atoms with Crippen molar-refractivity contribution in [3.05, 3.63) is 0 Å². The van der Waals surface area contributed by atoms with E-state index in [0.717, 1.165) is 43.7 Å². The molecule has 112 valence electrons. The van der Waals surface area contributed by atoms with Crippen molar-refractivity contribution in [3.63, 3.8) is 0 Å². The van der Waals surface area contributed by atoms with Crippen LogP contribution in [0, 0.1) is 23.2 Å². The van der Waals surface area contributed by atoms with Gasteiger partial charge in [-0.2, -0.15) is 0 Å². The number of hydrogen-bond acceptors (Lipinski definition) is 2. The smallest absolute Gasteiger partial charge is 0.223 e. The van der Waals surface area contributed by atoms with Gasteiger partial charge in [-0.3, -0.25) is 4.79 Å². The predicted molar refractivity (Wildman–Crippen MR) is 79.3 cm³/mol. The van der Waals surface area contributed by atoms with E-state index in [1.165, 1.54) is 38.5 Å². The molecule has 20 heavy (non-hydrogen) atoms. The van der Waals surface area contributed by atoms with Gasteiger partial charge in [-0.1, -0.05) is 0 Å². The van der Waals surface area contributed by atoms with Crippen LogP contribution in [0.25, 0.3) is 0 Å². The van der Waals surface area contributed by atoms with E-state index in [1.54, 1.807) is 0 Å². The fourth-order valence-corrected chi connectivity index (χ4v) is 6.16. The van der Waals surface area contributed by atoms with Crippen molar-refractivity contribution in [2.75, 3.05) is 20.1 Å². The molecule has 5 rings (SSSR count). The Morgan fingerprint density at radius 2 is 1.75 bits per heavy atom. The van der Waals surface area contributed by atoms with Crippen LogP contribution in [0.5, 0.6) is 0 Å². The summed E-state index contributed by atoms with van der Waals surface area (Å²) in [5, 5.41) is 3.31. The molecule has 0 aromatic rings. The topological polar surface area (TPSA) is 32.3 Å². The number of nitrogens with zero attached hydrogens (tertiary/aromatic N) is 1. The molecule has 5 aliphatic rings. The summed E-state index contributed by atoms with van der Waals surface area (Å²) in [6.45, 7) is 1.90. The maximum Gasteiger partial charge on any atom is 0.223 e. The van der Waals surface area contributed by atoms with Gasteiger partial charge in [-0.15, -0.1) is 0 Å². The second-order valence-electron chi connectivity index (χ2n) is 8.21. The summed E-state index contributed by atoms with van der Waals surface area (Å²) in [6, 6.07) is 0.523. The van der Waals surface area contributed by atoms with Gasteiger partial charge in [0.2, 0.25) is 5.91 Å². The van der Waals surface area contributed by atoms with Crippen LogP contribution in [0.15, 0.2) is 0 Å². The van der Waals surface area contributed by atoms with E-state index in [-0.39, 0.29) is 0 Å². The summed E-state index contributed by atoms with van der Waals surface area (Å²) in [7, 11) is 2.01. The molecule has 3 nitrogen and oxygen atoms in total. The molecule has 1 aliphatic heterocycles. The Morgan fingerprint density at radius 1 is 1.15 bits per heavy atom. The van der Waals surface area contributed by atoms with Gasteiger partial charge >= 0.3 is 0 Å². The van der Waals surface area contributed by atoms with E-state index < -0.39 is 0 Å². The van der Waals surface area contributed by atoms with Gasteiger partial charge in [0.1, 0.15) is 0 Å². The highest BCUT2D eigenvalue weighted by Gasteiger charge is 2.51. The normalized spacial score (nSPS) is 46.1. The molecule has 1 unspecified atom stereocenters. The molecule has 4 saturated carbocycles. The molecular formula is C17H28N2O. The molecule has 1 amide bonds. The molecule has 1 saturated heterocycles. The third-order valence-corrected chi connectivity index (χ3v) is 6.64. The molecule has 4 bridgehead atoms. The maximum absolute atomic E-state index is 12.7. The molecule has 0 aromatic carbocycles. The summed E-state index contributed by atoms with van der Waals surface area (Å²) in [5.74, 6) is 3.32. The first kappa shape index (κ1) is 13.1. The highest BCUT2D eigenvalue weighted by Crippen LogP contribution is 2.61. The Bertz CT molecular complexity index is 371. The highest BCUT2D eigenvalue weighted by molar-refractivity contribution is 5.77. The number of carbonyl (C=O) groups is 1. The summed E-state index contributed by atoms with van der Waals surface area (Å²) >= 11 is 0. The zero-order valence-electron chi connectivity index (χ0n) is 12.7. The first-order valence-corrected chi connectivity index (χ1v) is 8.61. The molecule has 0 aromatic heterocycles. The van der Waals surface area contributed by atoms with Gasteiger partial charge in [0, 0.05) is 25.6 Å². The van der Waals surface area contributed by atoms with Crippen molar-refractivity contribution in [2.45, 2.75) is 57.4 Å². The van der Waals surface area contributed by atoms with Crippen LogP contribution in [0.1, 0.15) is 51.4 Å². The first-order chi connectivity index (χ1) is 9.66. The quantitative estimate of drug-likeness (QED) is 0.858. The van der Waals surface area contributed by atoms with Crippen molar-refractivity contribution in [3.8, 4) is 0 Å². The third kappa shape index (κ3) is 2.18. The largest absolute Gasteiger partial charge is 0.341 e. The molecule has 0 spiro atoms. The van der Waals surface area contributed by atoms with E-state index in [1.807, 2.05) is 7.05 Å². The monoisotopic (exact) mass is 276 g/mol. The van der Waals surface area contributed by atoms with Crippen LogP contribution in [-0.4, -0.2) is 37.0 Å². The lowest BCUT2D eigenvalue weighted by atomic mass is 9.49. The number of nitrogens with one attached hydrogen (secondary N) is 1. The number of carbonyl (C=O) groups excluding carboxylic acids is 1. The molecular weight excluding hydrogens is 248 g/mol. The third-order valence-electron chi connectivity index (χ3n) is 6.64. The molecule has 3 heteroatoms. The standard InChI is InChI=1S/C17H28N2O/c1-18-15-2-3-19(11-15)16(20)10-17-7-12-4-13(8-17)6-14(5-12)9-17/h12-15,18H,2-11H2,1H3. The molecule has 4 aliphatic carbocycles. The van der Waals surface area contributed by atoms with Crippen molar-refractivity contribution in [1.82, 2.24) is 10.2 Å². The molecule has 0 radical (unpaired) electrons. The van der Waals surface area contributed by atoms with Crippen LogP contribution in [-0.2, 0) is 4.79 Å². The second-order valence-corrected chi connectivity index (χ2v) is 8.21. The van der Waals surface area contributed by atoms with E-state index >= 15 is 0 Å². The minimum Gasteiger partial charge on any atom is -0.341 e. The van der Waals surface area contributed by atoms with Gasteiger partial charge in [0.15, 0.2) is 0 Å². The lowest BCUT2D eigenvalue weighted by Crippen LogP contribution is -2.48. The average Bonchev–Trinajstić information content (AvgIpc) is 2.85. The average molecular weight is 276 g/mol. The summed E-state index contributed by atoms with van der Waals surface area (Å²) in [6.07, 6.45) is 10.5. The second kappa shape index (κ2) is 4.72. The maximum atomic E-state index is 12.7. The molecule has 1 N–H and O–H groups in total. The Morgan fingerprint density at radius 3 is 2.25 bits per heavy atom. The highest BCUT2D eigenvalue weighted by atomic mass is 16.2. The van der Waals surface area contributed by atoms with Crippen LogP contribution < -0.4 is 5.32 Å². The minimum atomic E-state index is 0.406. The Balaban J connectivity index is 1.42. The van der Waals surface area contributed by atoms with Gasteiger partial charge < -0.3 is 10.2 Å². The van der Waals surface area contributed by atoms with E-state index in [9.17, 15) is 4.79 Å². The number of likely N-dealkylation sites (N-methyl/N-ethyl adjacent to an activating group) is 1. The van der Waals surface area contributed by atoms with Crippen LogP contribution in [0.3, 0.4) is 0 Å². The molecule has 5 fully saturated rings. The van der Waals surface area contributed by atoms with Gasteiger partial charge in [-0.25, -0.2) is 0 Å². The lowest BCUT2D eigenvalue weighted by molar-refractivity contribution is -0.138. The molecule has 1 atom stereocenters. The first-order valence-electron chi connectivity index (χ1n) is 8.61. The summed E-state index contributed by atoms with van der Waals surface area (Å²) in [4.78, 5) is 14.8. The minimum absolute atomic E-state index is 0.406. The lowest BCUT2D eigenvalue weighted by Gasteiger charge is -2.56. The summed E-state index contributed by atoms with van der Waals surface area (Å²) in [5.41, 5.74) is 0.406. The zero-order valence-corrected chi connectivity index (χ0v) is 12.7. The Hall–Kier alpha value is -0.570. The zero-order chi connectivity index (χ0) is 13.7. The van der Waals surface area contributed by atoms with Crippen LogP contribution in [0.2, 0.25) is 0 Å². The molecule has 1 heterocycles. The SMILES string of the molecule is CNC1CCN(C(=O)CC23CC4CC(CC(C4)C2)C3)C1. The van der Waals surface area contributed by atoms with Crippen LogP contribution in [0.4, 0.5) is 0 Å².